The number of rotatable bonds is 7. The first kappa shape index (κ1) is 16.6. The Morgan fingerprint density at radius 3 is 2.38 bits per heavy atom. The van der Waals surface area contributed by atoms with Gasteiger partial charge in [-0.2, -0.15) is 0 Å². The van der Waals surface area contributed by atoms with E-state index in [9.17, 15) is 0 Å². The molecule has 0 bridgehead atoms. The molecule has 1 aromatic heterocycles. The highest BCUT2D eigenvalue weighted by Gasteiger charge is 2.05. The van der Waals surface area contributed by atoms with Crippen molar-refractivity contribution in [3.63, 3.8) is 0 Å². The highest BCUT2D eigenvalue weighted by atomic mass is 14.9. The predicted octanol–water partition coefficient (Wildman–Crippen LogP) is 5.81. The molecule has 2 nitrogen and oxygen atoms in total. The highest BCUT2D eigenvalue weighted by molar-refractivity contribution is 5.72. The highest BCUT2D eigenvalue weighted by Crippen LogP contribution is 2.22. The normalized spacial score (nSPS) is 13.8. The number of aryl methyl sites for hydroxylation is 1. The van der Waals surface area contributed by atoms with E-state index in [2.05, 4.69) is 65.8 Å². The van der Waals surface area contributed by atoms with Crippen LogP contribution in [0.2, 0.25) is 0 Å². The van der Waals surface area contributed by atoms with Crippen LogP contribution in [-0.2, 0) is 6.42 Å². The lowest BCUT2D eigenvalue weighted by Gasteiger charge is -2.07. The van der Waals surface area contributed by atoms with Gasteiger partial charge in [-0.25, -0.2) is 9.97 Å². The fraction of sp³-hybridized carbons (Fsp3) is 0.318. The van der Waals surface area contributed by atoms with E-state index in [0.717, 1.165) is 23.4 Å². The largest absolute Gasteiger partial charge is 0.236 e. The quantitative estimate of drug-likeness (QED) is 0.602. The van der Waals surface area contributed by atoms with Crippen molar-refractivity contribution >= 4 is 5.57 Å². The summed E-state index contributed by atoms with van der Waals surface area (Å²) in [5.41, 5.74) is 4.77. The first-order valence-corrected chi connectivity index (χ1v) is 8.98. The number of hydrogen-bond donors (Lipinski definition) is 0. The molecule has 1 heterocycles. The average Bonchev–Trinajstić information content (AvgIpc) is 2.67. The fourth-order valence-electron chi connectivity index (χ4n) is 2.93. The molecule has 0 fully saturated rings. The van der Waals surface area contributed by atoms with Gasteiger partial charge in [-0.15, -0.1) is 0 Å². The van der Waals surface area contributed by atoms with E-state index in [4.69, 9.17) is 0 Å². The second-order valence-corrected chi connectivity index (χ2v) is 6.29. The molecule has 1 aliphatic carbocycles. The van der Waals surface area contributed by atoms with Crippen LogP contribution in [0.4, 0.5) is 0 Å². The second-order valence-electron chi connectivity index (χ2n) is 6.29. The lowest BCUT2D eigenvalue weighted by atomic mass is 10.0. The summed E-state index contributed by atoms with van der Waals surface area (Å²) in [4.78, 5) is 9.05. The molecule has 0 N–H and O–H groups in total. The molecule has 2 aromatic rings. The van der Waals surface area contributed by atoms with E-state index in [-0.39, 0.29) is 0 Å². The van der Waals surface area contributed by atoms with E-state index in [0.29, 0.717) is 0 Å². The van der Waals surface area contributed by atoms with Crippen LogP contribution in [0, 0.1) is 6.42 Å². The molecule has 1 radical (unpaired) electrons. The molecule has 1 aliphatic rings. The van der Waals surface area contributed by atoms with Gasteiger partial charge in [0, 0.05) is 23.5 Å². The van der Waals surface area contributed by atoms with E-state index in [1.54, 1.807) is 0 Å². The lowest BCUT2D eigenvalue weighted by molar-refractivity contribution is 0.667. The van der Waals surface area contributed by atoms with Gasteiger partial charge in [-0.05, 0) is 36.8 Å². The average molecular weight is 317 g/mol. The molecular weight excluding hydrogens is 292 g/mol. The van der Waals surface area contributed by atoms with Crippen LogP contribution in [0.25, 0.3) is 16.7 Å². The zero-order valence-corrected chi connectivity index (χ0v) is 14.4. The minimum Gasteiger partial charge on any atom is -0.236 e. The number of aromatic nitrogens is 2. The lowest BCUT2D eigenvalue weighted by Crippen LogP contribution is -1.95. The van der Waals surface area contributed by atoms with Gasteiger partial charge in [0.25, 0.3) is 0 Å². The van der Waals surface area contributed by atoms with Crippen molar-refractivity contribution in [1.29, 1.82) is 0 Å². The number of hydrogen-bond acceptors (Lipinski definition) is 2. The summed E-state index contributed by atoms with van der Waals surface area (Å²) in [6.07, 6.45) is 19.6. The molecular formula is C22H25N2. The summed E-state index contributed by atoms with van der Waals surface area (Å²) in [7, 11) is 0. The van der Waals surface area contributed by atoms with Gasteiger partial charge in [0.1, 0.15) is 0 Å². The Kier molecular flexibility index (Phi) is 5.95. The minimum absolute atomic E-state index is 0.802. The second kappa shape index (κ2) is 8.58. The molecule has 24 heavy (non-hydrogen) atoms. The Morgan fingerprint density at radius 2 is 1.71 bits per heavy atom. The predicted molar refractivity (Wildman–Crippen MR) is 101 cm³/mol. The molecule has 2 heteroatoms. The smallest absolute Gasteiger partial charge is 0.158 e. The first-order chi connectivity index (χ1) is 11.9. The van der Waals surface area contributed by atoms with Gasteiger partial charge in [0.2, 0.25) is 0 Å². The Hall–Kier alpha value is -2.22. The van der Waals surface area contributed by atoms with E-state index >= 15 is 0 Å². The molecule has 0 aliphatic heterocycles. The standard InChI is InChI=1S/C22H25N2/c1-2-3-4-6-9-18-12-14-19(15-13-18)21-16-23-22(24-17-21)20-10-7-5-8-11-20/h5,7,10-17H,2-4,6,8-9H2,1H3. The molecule has 123 valence electrons. The summed E-state index contributed by atoms with van der Waals surface area (Å²) in [5.74, 6) is 0.802. The Balaban J connectivity index is 1.64. The first-order valence-electron chi connectivity index (χ1n) is 8.98. The van der Waals surface area contributed by atoms with Crippen molar-refractivity contribution in [2.45, 2.75) is 45.4 Å². The number of unbranched alkanes of at least 4 members (excludes halogenated alkanes) is 3. The van der Waals surface area contributed by atoms with E-state index < -0.39 is 0 Å². The number of allylic oxidation sites excluding steroid dienone is 4. The van der Waals surface area contributed by atoms with Crippen molar-refractivity contribution in [2.24, 2.45) is 0 Å². The maximum atomic E-state index is 4.53. The molecule has 0 amide bonds. The summed E-state index contributed by atoms with van der Waals surface area (Å²) in [6.45, 7) is 2.25. The maximum absolute atomic E-state index is 4.53. The molecule has 0 atom stereocenters. The summed E-state index contributed by atoms with van der Waals surface area (Å²) in [5, 5.41) is 0. The third-order valence-corrected chi connectivity index (χ3v) is 4.40. The van der Waals surface area contributed by atoms with Crippen LogP contribution in [0.5, 0.6) is 0 Å². The summed E-state index contributed by atoms with van der Waals surface area (Å²) in [6, 6.07) is 8.83. The molecule has 0 saturated heterocycles. The zero-order chi connectivity index (χ0) is 16.6. The number of benzene rings is 1. The van der Waals surface area contributed by atoms with Crippen molar-refractivity contribution in [1.82, 2.24) is 9.97 Å². The molecule has 0 saturated carbocycles. The third-order valence-electron chi connectivity index (χ3n) is 4.40. The van der Waals surface area contributed by atoms with Crippen LogP contribution in [0.15, 0.2) is 54.9 Å². The van der Waals surface area contributed by atoms with Crippen molar-refractivity contribution in [3.8, 4) is 11.1 Å². The van der Waals surface area contributed by atoms with Crippen molar-refractivity contribution < 1.29 is 0 Å². The van der Waals surface area contributed by atoms with E-state index in [1.807, 2.05) is 12.4 Å². The third kappa shape index (κ3) is 4.41. The van der Waals surface area contributed by atoms with Crippen LogP contribution in [0.3, 0.4) is 0 Å². The van der Waals surface area contributed by atoms with Gasteiger partial charge in [-0.1, -0.05) is 68.7 Å². The van der Waals surface area contributed by atoms with Gasteiger partial charge < -0.3 is 0 Å². The van der Waals surface area contributed by atoms with Gasteiger partial charge in [-0.3, -0.25) is 0 Å². The van der Waals surface area contributed by atoms with Gasteiger partial charge in [0.15, 0.2) is 5.82 Å². The molecule has 1 aromatic carbocycles. The minimum atomic E-state index is 0.802. The zero-order valence-electron chi connectivity index (χ0n) is 14.4. The SMILES string of the molecule is CCCCCCc1ccc(-c2cnc(C3=CC[CH]C=C3)nc2)cc1. The molecule has 0 spiro atoms. The van der Waals surface area contributed by atoms with Crippen molar-refractivity contribution in [2.75, 3.05) is 0 Å². The Morgan fingerprint density at radius 1 is 0.917 bits per heavy atom. The van der Waals surface area contributed by atoms with Gasteiger partial charge >= 0.3 is 0 Å². The molecule has 3 rings (SSSR count). The summed E-state index contributed by atoms with van der Waals surface area (Å²) < 4.78 is 0. The van der Waals surface area contributed by atoms with Gasteiger partial charge in [0.05, 0.1) is 0 Å². The molecule has 0 unspecified atom stereocenters. The van der Waals surface area contributed by atoms with Crippen LogP contribution in [-0.4, -0.2) is 9.97 Å². The van der Waals surface area contributed by atoms with Crippen LogP contribution < -0.4 is 0 Å². The Bertz CT molecular complexity index is 694. The fourth-order valence-corrected chi connectivity index (χ4v) is 2.93. The maximum Gasteiger partial charge on any atom is 0.158 e. The Labute approximate surface area is 145 Å². The van der Waals surface area contributed by atoms with Crippen LogP contribution in [0.1, 0.15) is 50.4 Å². The summed E-state index contributed by atoms with van der Waals surface area (Å²) >= 11 is 0. The topological polar surface area (TPSA) is 25.8 Å². The van der Waals surface area contributed by atoms with E-state index in [1.165, 1.54) is 43.2 Å². The van der Waals surface area contributed by atoms with Crippen molar-refractivity contribution in [3.05, 3.63) is 72.7 Å². The van der Waals surface area contributed by atoms with Crippen LogP contribution >= 0.6 is 0 Å². The number of nitrogens with zero attached hydrogens (tertiary/aromatic N) is 2. The monoisotopic (exact) mass is 317 g/mol.